The Balaban J connectivity index is 1.24. The molecule has 0 spiro atoms. The van der Waals surface area contributed by atoms with Crippen LogP contribution in [0.4, 0.5) is 0 Å². The molecule has 0 unspecified atom stereocenters. The van der Waals surface area contributed by atoms with Crippen molar-refractivity contribution in [3.05, 3.63) is 52.4 Å². The highest BCUT2D eigenvalue weighted by Gasteiger charge is 2.22. The normalized spacial score (nSPS) is 19.2. The highest BCUT2D eigenvalue weighted by molar-refractivity contribution is 9.10. The average Bonchev–Trinajstić information content (AvgIpc) is 3.27. The van der Waals surface area contributed by atoms with E-state index >= 15 is 0 Å². The molecule has 2 aromatic rings. The minimum atomic E-state index is -0.123. The molecule has 2 saturated heterocycles. The van der Waals surface area contributed by atoms with Crippen molar-refractivity contribution < 1.29 is 13.9 Å². The van der Waals surface area contributed by atoms with Gasteiger partial charge < -0.3 is 19.8 Å². The van der Waals surface area contributed by atoms with Crippen molar-refractivity contribution in [1.29, 1.82) is 0 Å². The van der Waals surface area contributed by atoms with Gasteiger partial charge in [-0.25, -0.2) is 0 Å². The molecular formula is C22H28BrN3O3. The molecule has 0 atom stereocenters. The van der Waals surface area contributed by atoms with Crippen LogP contribution >= 0.6 is 15.9 Å². The number of amides is 1. The molecule has 29 heavy (non-hydrogen) atoms. The summed E-state index contributed by atoms with van der Waals surface area (Å²) in [6.07, 6.45) is 5.83. The van der Waals surface area contributed by atoms with Crippen molar-refractivity contribution in [3.8, 4) is 5.75 Å². The van der Waals surface area contributed by atoms with Gasteiger partial charge in [0.2, 0.25) is 0 Å². The predicted molar refractivity (Wildman–Crippen MR) is 115 cm³/mol. The Kier molecular flexibility index (Phi) is 6.90. The van der Waals surface area contributed by atoms with Crippen LogP contribution in [0.1, 0.15) is 41.8 Å². The van der Waals surface area contributed by atoms with Gasteiger partial charge in [-0.05, 0) is 84.5 Å². The minimum Gasteiger partial charge on any atom is -0.489 e. The minimum absolute atomic E-state index is 0.123. The maximum atomic E-state index is 12.1. The summed E-state index contributed by atoms with van der Waals surface area (Å²) < 4.78 is 12.4. The molecule has 156 valence electrons. The van der Waals surface area contributed by atoms with Crippen LogP contribution in [-0.4, -0.2) is 49.1 Å². The Morgan fingerprint density at radius 2 is 2.00 bits per heavy atom. The Hall–Kier alpha value is -1.83. The molecule has 2 aliphatic rings. The molecule has 4 rings (SSSR count). The number of halogens is 1. The molecule has 1 amide bonds. The summed E-state index contributed by atoms with van der Waals surface area (Å²) >= 11 is 3.68. The molecule has 1 aromatic carbocycles. The molecule has 0 bridgehead atoms. The molecule has 2 fully saturated rings. The van der Waals surface area contributed by atoms with Crippen LogP contribution in [0.3, 0.4) is 0 Å². The van der Waals surface area contributed by atoms with E-state index in [-0.39, 0.29) is 11.9 Å². The number of benzene rings is 1. The number of piperidine rings is 2. The predicted octanol–water partition coefficient (Wildman–Crippen LogP) is 3.57. The number of rotatable bonds is 6. The summed E-state index contributed by atoms with van der Waals surface area (Å²) in [5.41, 5.74) is 1.27. The third-order valence-corrected chi connectivity index (χ3v) is 6.27. The first-order chi connectivity index (χ1) is 14.2. The first kappa shape index (κ1) is 20.4. The molecule has 1 aromatic heterocycles. The molecule has 7 heteroatoms. The molecule has 6 nitrogen and oxygen atoms in total. The van der Waals surface area contributed by atoms with Crippen LogP contribution in [0.15, 0.2) is 45.5 Å². The highest BCUT2D eigenvalue weighted by Crippen LogP contribution is 2.29. The van der Waals surface area contributed by atoms with Gasteiger partial charge in [0.05, 0.1) is 10.7 Å². The lowest BCUT2D eigenvalue weighted by Crippen LogP contribution is -2.44. The summed E-state index contributed by atoms with van der Waals surface area (Å²) in [6.45, 7) is 4.89. The largest absolute Gasteiger partial charge is 0.489 e. The SMILES string of the molecule is O=C(NC1CCN(Cc2ccc(OC3CCNCC3)c(Br)c2)CC1)c1ccco1. The van der Waals surface area contributed by atoms with Gasteiger partial charge in [-0.3, -0.25) is 9.69 Å². The second-order valence-electron chi connectivity index (χ2n) is 7.83. The highest BCUT2D eigenvalue weighted by atomic mass is 79.9. The van der Waals surface area contributed by atoms with Crippen LogP contribution in [0.2, 0.25) is 0 Å². The van der Waals surface area contributed by atoms with Crippen molar-refractivity contribution >= 4 is 21.8 Å². The molecule has 2 aliphatic heterocycles. The van der Waals surface area contributed by atoms with Gasteiger partial charge >= 0.3 is 0 Å². The van der Waals surface area contributed by atoms with Crippen molar-refractivity contribution in [2.24, 2.45) is 0 Å². The van der Waals surface area contributed by atoms with E-state index in [4.69, 9.17) is 9.15 Å². The number of likely N-dealkylation sites (tertiary alicyclic amines) is 1. The molecule has 0 saturated carbocycles. The number of furan rings is 1. The first-order valence-electron chi connectivity index (χ1n) is 10.4. The first-order valence-corrected chi connectivity index (χ1v) is 11.2. The van der Waals surface area contributed by atoms with Crippen LogP contribution in [0, 0.1) is 0 Å². The number of nitrogens with one attached hydrogen (secondary N) is 2. The number of ether oxygens (including phenoxy) is 1. The molecule has 2 N–H and O–H groups in total. The van der Waals surface area contributed by atoms with E-state index in [0.717, 1.165) is 68.6 Å². The van der Waals surface area contributed by atoms with E-state index < -0.39 is 0 Å². The monoisotopic (exact) mass is 461 g/mol. The van der Waals surface area contributed by atoms with E-state index in [2.05, 4.69) is 49.7 Å². The van der Waals surface area contributed by atoms with Gasteiger partial charge in [-0.15, -0.1) is 0 Å². The van der Waals surface area contributed by atoms with Gasteiger partial charge in [0, 0.05) is 25.7 Å². The summed E-state index contributed by atoms with van der Waals surface area (Å²) in [6, 6.07) is 10.0. The van der Waals surface area contributed by atoms with E-state index in [0.29, 0.717) is 11.9 Å². The lowest BCUT2D eigenvalue weighted by atomic mass is 10.0. The van der Waals surface area contributed by atoms with E-state index in [1.807, 2.05) is 0 Å². The Morgan fingerprint density at radius 1 is 1.21 bits per heavy atom. The van der Waals surface area contributed by atoms with E-state index in [9.17, 15) is 4.79 Å². The number of nitrogens with zero attached hydrogens (tertiary/aromatic N) is 1. The maximum Gasteiger partial charge on any atom is 0.287 e. The molecular weight excluding hydrogens is 434 g/mol. The van der Waals surface area contributed by atoms with Gasteiger partial charge in [-0.1, -0.05) is 6.07 Å². The Morgan fingerprint density at radius 3 is 2.69 bits per heavy atom. The van der Waals surface area contributed by atoms with Gasteiger partial charge in [0.25, 0.3) is 5.91 Å². The van der Waals surface area contributed by atoms with Crippen LogP contribution in [-0.2, 0) is 6.54 Å². The standard InChI is InChI=1S/C22H28BrN3O3/c23-19-14-16(3-4-20(19)29-18-5-9-24-10-6-18)15-26-11-7-17(8-12-26)25-22(27)21-2-1-13-28-21/h1-4,13-14,17-18,24H,5-12,15H2,(H,25,27). The zero-order valence-electron chi connectivity index (χ0n) is 16.5. The molecule has 0 aliphatic carbocycles. The van der Waals surface area contributed by atoms with Crippen molar-refractivity contribution in [3.63, 3.8) is 0 Å². The smallest absolute Gasteiger partial charge is 0.287 e. The quantitative estimate of drug-likeness (QED) is 0.688. The van der Waals surface area contributed by atoms with Crippen LogP contribution < -0.4 is 15.4 Å². The van der Waals surface area contributed by atoms with Gasteiger partial charge in [-0.2, -0.15) is 0 Å². The van der Waals surface area contributed by atoms with E-state index in [1.54, 1.807) is 12.1 Å². The maximum absolute atomic E-state index is 12.1. The Labute approximate surface area is 180 Å². The van der Waals surface area contributed by atoms with Crippen molar-refractivity contribution in [1.82, 2.24) is 15.5 Å². The van der Waals surface area contributed by atoms with Crippen LogP contribution in [0.25, 0.3) is 0 Å². The third kappa shape index (κ3) is 5.62. The summed E-state index contributed by atoms with van der Waals surface area (Å²) in [4.78, 5) is 14.6. The fourth-order valence-corrected chi connectivity index (χ4v) is 4.51. The second-order valence-corrected chi connectivity index (χ2v) is 8.69. The average molecular weight is 462 g/mol. The number of hydrogen-bond acceptors (Lipinski definition) is 5. The van der Waals surface area contributed by atoms with Crippen LogP contribution in [0.5, 0.6) is 5.75 Å². The third-order valence-electron chi connectivity index (χ3n) is 5.65. The summed E-state index contributed by atoms with van der Waals surface area (Å²) in [5.74, 6) is 1.19. The summed E-state index contributed by atoms with van der Waals surface area (Å²) in [5, 5.41) is 6.44. The number of carbonyl (C=O) groups excluding carboxylic acids is 1. The lowest BCUT2D eigenvalue weighted by molar-refractivity contribution is 0.0881. The zero-order chi connectivity index (χ0) is 20.1. The Bertz CT molecular complexity index is 798. The number of hydrogen-bond donors (Lipinski definition) is 2. The van der Waals surface area contributed by atoms with Crippen molar-refractivity contribution in [2.45, 2.75) is 44.4 Å². The topological polar surface area (TPSA) is 66.7 Å². The summed E-state index contributed by atoms with van der Waals surface area (Å²) in [7, 11) is 0. The fourth-order valence-electron chi connectivity index (χ4n) is 3.99. The molecule has 0 radical (unpaired) electrons. The fraction of sp³-hybridized carbons (Fsp3) is 0.500. The van der Waals surface area contributed by atoms with Crippen molar-refractivity contribution in [2.75, 3.05) is 26.2 Å². The van der Waals surface area contributed by atoms with E-state index in [1.165, 1.54) is 11.8 Å². The molecule has 3 heterocycles. The second kappa shape index (κ2) is 9.78. The van der Waals surface area contributed by atoms with Gasteiger partial charge in [0.15, 0.2) is 5.76 Å². The van der Waals surface area contributed by atoms with Gasteiger partial charge in [0.1, 0.15) is 11.9 Å². The lowest BCUT2D eigenvalue weighted by Gasteiger charge is -2.32. The zero-order valence-corrected chi connectivity index (χ0v) is 18.1. The number of carbonyl (C=O) groups is 1.